The lowest BCUT2D eigenvalue weighted by Crippen LogP contribution is -2.53. The third-order valence-electron chi connectivity index (χ3n) is 7.14. The van der Waals surface area contributed by atoms with E-state index in [2.05, 4.69) is 5.32 Å². The number of sulfonamides is 1. The van der Waals surface area contributed by atoms with Crippen LogP contribution in [-0.2, 0) is 26.2 Å². The Morgan fingerprint density at radius 2 is 1.51 bits per heavy atom. The maximum absolute atomic E-state index is 14.3. The summed E-state index contributed by atoms with van der Waals surface area (Å²) in [6.45, 7) is 5.12. The Morgan fingerprint density at radius 3 is 2.12 bits per heavy atom. The molecule has 11 heteroatoms. The van der Waals surface area contributed by atoms with Crippen molar-refractivity contribution in [2.75, 3.05) is 32.2 Å². The Morgan fingerprint density at radius 1 is 0.837 bits per heavy atom. The minimum Gasteiger partial charge on any atom is -0.497 e. The summed E-state index contributed by atoms with van der Waals surface area (Å²) >= 11 is 0. The lowest BCUT2D eigenvalue weighted by Gasteiger charge is -2.34. The molecule has 0 aromatic heterocycles. The number of hydrogen-bond donors (Lipinski definition) is 1. The zero-order valence-corrected chi connectivity index (χ0v) is 26.4. The van der Waals surface area contributed by atoms with Gasteiger partial charge in [-0.3, -0.25) is 13.9 Å². The largest absolute Gasteiger partial charge is 0.497 e. The minimum absolute atomic E-state index is 0.00595. The van der Waals surface area contributed by atoms with Gasteiger partial charge in [-0.05, 0) is 61.7 Å². The Kier molecular flexibility index (Phi) is 11.8. The number of hydrogen-bond acceptors (Lipinski definition) is 7. The SMILES string of the molecule is CCC(C)NC(=O)C(CC)N(Cc1cccc(OC)c1)C(=O)CN(c1cc(OC)ccc1OC)S(=O)(=O)c1ccccc1. The quantitative estimate of drug-likeness (QED) is 0.267. The number of rotatable bonds is 15. The van der Waals surface area contributed by atoms with Gasteiger partial charge in [-0.1, -0.05) is 44.2 Å². The van der Waals surface area contributed by atoms with Crippen LogP contribution in [-0.4, -0.2) is 65.1 Å². The predicted molar refractivity (Wildman–Crippen MR) is 166 cm³/mol. The highest BCUT2D eigenvalue weighted by atomic mass is 32.2. The molecule has 10 nitrogen and oxygen atoms in total. The van der Waals surface area contributed by atoms with Crippen molar-refractivity contribution in [3.8, 4) is 17.2 Å². The molecule has 0 bridgehead atoms. The van der Waals surface area contributed by atoms with Crippen LogP contribution in [0, 0.1) is 0 Å². The lowest BCUT2D eigenvalue weighted by molar-refractivity contribution is -0.140. The van der Waals surface area contributed by atoms with Crippen molar-refractivity contribution in [3.05, 3.63) is 78.4 Å². The van der Waals surface area contributed by atoms with Gasteiger partial charge in [-0.25, -0.2) is 8.42 Å². The molecule has 0 saturated heterocycles. The van der Waals surface area contributed by atoms with Crippen LogP contribution in [0.4, 0.5) is 5.69 Å². The highest BCUT2D eigenvalue weighted by Gasteiger charge is 2.35. The first-order chi connectivity index (χ1) is 20.6. The topological polar surface area (TPSA) is 114 Å². The lowest BCUT2D eigenvalue weighted by atomic mass is 10.1. The second kappa shape index (κ2) is 15.3. The third-order valence-corrected chi connectivity index (χ3v) is 8.91. The predicted octanol–water partition coefficient (Wildman–Crippen LogP) is 4.63. The van der Waals surface area contributed by atoms with Crippen molar-refractivity contribution in [3.63, 3.8) is 0 Å². The van der Waals surface area contributed by atoms with Crippen LogP contribution in [0.25, 0.3) is 0 Å². The van der Waals surface area contributed by atoms with Crippen molar-refractivity contribution < 1.29 is 32.2 Å². The van der Waals surface area contributed by atoms with E-state index in [0.29, 0.717) is 24.3 Å². The first-order valence-electron chi connectivity index (χ1n) is 14.1. The Bertz CT molecular complexity index is 1480. The molecule has 0 fully saturated rings. The normalized spacial score (nSPS) is 12.5. The minimum atomic E-state index is -4.27. The van der Waals surface area contributed by atoms with Crippen LogP contribution in [0.2, 0.25) is 0 Å². The molecule has 3 aromatic carbocycles. The number of anilines is 1. The van der Waals surface area contributed by atoms with Crippen molar-refractivity contribution in [2.45, 2.75) is 57.1 Å². The summed E-state index contributed by atoms with van der Waals surface area (Å²) in [6, 6.07) is 18.8. The summed E-state index contributed by atoms with van der Waals surface area (Å²) in [5.41, 5.74) is 0.844. The van der Waals surface area contributed by atoms with Gasteiger partial charge in [0.05, 0.1) is 31.9 Å². The molecule has 0 aliphatic carbocycles. The summed E-state index contributed by atoms with van der Waals surface area (Å²) in [5, 5.41) is 2.97. The molecular weight excluding hydrogens is 570 g/mol. The number of ether oxygens (including phenoxy) is 3. The molecule has 2 unspecified atom stereocenters. The van der Waals surface area contributed by atoms with Gasteiger partial charge in [-0.15, -0.1) is 0 Å². The second-order valence-corrected chi connectivity index (χ2v) is 11.8. The van der Waals surface area contributed by atoms with Gasteiger partial charge in [0.2, 0.25) is 11.8 Å². The number of carbonyl (C=O) groups is 2. The van der Waals surface area contributed by atoms with E-state index in [9.17, 15) is 18.0 Å². The van der Waals surface area contributed by atoms with Crippen LogP contribution < -0.4 is 23.8 Å². The third kappa shape index (κ3) is 8.19. The fourth-order valence-corrected chi connectivity index (χ4v) is 5.99. The van der Waals surface area contributed by atoms with E-state index in [1.165, 1.54) is 37.3 Å². The van der Waals surface area contributed by atoms with E-state index < -0.39 is 28.5 Å². The molecule has 0 aliphatic heterocycles. The molecule has 0 aliphatic rings. The monoisotopic (exact) mass is 611 g/mol. The summed E-state index contributed by atoms with van der Waals surface area (Å²) in [7, 11) is 0.157. The van der Waals surface area contributed by atoms with Gasteiger partial charge >= 0.3 is 0 Å². The number of methoxy groups -OCH3 is 3. The number of nitrogens with zero attached hydrogens (tertiary/aromatic N) is 2. The van der Waals surface area contributed by atoms with E-state index in [-0.39, 0.29) is 34.8 Å². The molecule has 0 heterocycles. The standard InChI is InChI=1S/C32H41N3O7S/c1-7-23(3)33-32(37)28(8-2)34(21-24-13-12-14-25(19-24)40-4)31(36)22-35(43(38,39)27-15-10-9-11-16-27)29-20-26(41-5)17-18-30(29)42-6/h9-20,23,28H,7-8,21-22H2,1-6H3,(H,33,37). The number of nitrogens with one attached hydrogen (secondary N) is 1. The van der Waals surface area contributed by atoms with E-state index in [4.69, 9.17) is 14.2 Å². The van der Waals surface area contributed by atoms with Crippen LogP contribution >= 0.6 is 0 Å². The molecule has 43 heavy (non-hydrogen) atoms. The van der Waals surface area contributed by atoms with Crippen molar-refractivity contribution in [1.82, 2.24) is 10.2 Å². The number of amides is 2. The molecule has 232 valence electrons. The van der Waals surface area contributed by atoms with Gasteiger partial charge in [0.1, 0.15) is 29.8 Å². The summed E-state index contributed by atoms with van der Waals surface area (Å²) in [6.07, 6.45) is 1.02. The van der Waals surface area contributed by atoms with Crippen LogP contribution in [0.5, 0.6) is 17.2 Å². The molecular formula is C32H41N3O7S. The summed E-state index contributed by atoms with van der Waals surface area (Å²) in [5.74, 6) is 0.317. The highest BCUT2D eigenvalue weighted by molar-refractivity contribution is 7.92. The second-order valence-electron chi connectivity index (χ2n) is 9.98. The van der Waals surface area contributed by atoms with E-state index >= 15 is 0 Å². The maximum atomic E-state index is 14.3. The van der Waals surface area contributed by atoms with Gasteiger partial charge in [0.25, 0.3) is 10.0 Å². The summed E-state index contributed by atoms with van der Waals surface area (Å²) in [4.78, 5) is 29.2. The summed E-state index contributed by atoms with van der Waals surface area (Å²) < 4.78 is 45.5. The number of carbonyl (C=O) groups excluding carboxylic acids is 2. The average molecular weight is 612 g/mol. The van der Waals surface area contributed by atoms with Crippen LogP contribution in [0.3, 0.4) is 0 Å². The highest BCUT2D eigenvalue weighted by Crippen LogP contribution is 2.36. The molecule has 0 saturated carbocycles. The maximum Gasteiger partial charge on any atom is 0.264 e. The fraction of sp³-hybridized carbons (Fsp3) is 0.375. The van der Waals surface area contributed by atoms with Crippen LogP contribution in [0.1, 0.15) is 39.2 Å². The molecule has 2 atom stereocenters. The van der Waals surface area contributed by atoms with E-state index in [1.54, 1.807) is 55.6 Å². The van der Waals surface area contributed by atoms with Crippen molar-refractivity contribution in [2.24, 2.45) is 0 Å². The average Bonchev–Trinajstić information content (AvgIpc) is 3.03. The molecule has 3 aromatic rings. The first kappa shape index (κ1) is 33.3. The fourth-order valence-electron chi connectivity index (χ4n) is 4.55. The van der Waals surface area contributed by atoms with Gasteiger partial charge in [0.15, 0.2) is 0 Å². The Labute approximate surface area is 254 Å². The smallest absolute Gasteiger partial charge is 0.264 e. The zero-order valence-electron chi connectivity index (χ0n) is 25.6. The first-order valence-corrected chi connectivity index (χ1v) is 15.6. The molecule has 2 amide bonds. The van der Waals surface area contributed by atoms with Crippen LogP contribution in [0.15, 0.2) is 77.7 Å². The molecule has 1 N–H and O–H groups in total. The molecule has 0 spiro atoms. The molecule has 3 rings (SSSR count). The number of benzene rings is 3. The van der Waals surface area contributed by atoms with Crippen molar-refractivity contribution in [1.29, 1.82) is 0 Å². The van der Waals surface area contributed by atoms with E-state index in [1.807, 2.05) is 26.8 Å². The Balaban J connectivity index is 2.14. The van der Waals surface area contributed by atoms with E-state index in [0.717, 1.165) is 9.87 Å². The van der Waals surface area contributed by atoms with Gasteiger partial charge in [0, 0.05) is 18.7 Å². The van der Waals surface area contributed by atoms with Gasteiger partial charge < -0.3 is 24.4 Å². The van der Waals surface area contributed by atoms with Gasteiger partial charge in [-0.2, -0.15) is 0 Å². The molecule has 0 radical (unpaired) electrons. The van der Waals surface area contributed by atoms with Crippen molar-refractivity contribution >= 4 is 27.5 Å². The Hall–Kier alpha value is -4.25. The zero-order chi connectivity index (χ0) is 31.6.